The van der Waals surface area contributed by atoms with Gasteiger partial charge in [0.15, 0.2) is 0 Å². The van der Waals surface area contributed by atoms with Crippen LogP contribution in [0.3, 0.4) is 0 Å². The second kappa shape index (κ2) is 15.4. The summed E-state index contributed by atoms with van der Waals surface area (Å²) in [5.41, 5.74) is 0. The van der Waals surface area contributed by atoms with Crippen LogP contribution in [0.5, 0.6) is 0 Å². The molecule has 0 heterocycles. The number of carbonyl (C=O) groups is 1. The molecule has 2 atom stereocenters. The van der Waals surface area contributed by atoms with Gasteiger partial charge in [-0.3, -0.25) is 4.79 Å². The molecule has 0 rings (SSSR count). The number of rotatable bonds is 15. The van der Waals surface area contributed by atoms with Gasteiger partial charge in [-0.05, 0) is 24.7 Å². The first-order valence-electron chi connectivity index (χ1n) is 9.75. The van der Waals surface area contributed by atoms with Gasteiger partial charge in [-0.25, -0.2) is 0 Å². The molecule has 0 aliphatic rings. The molecular weight excluding hydrogens is 272 g/mol. The lowest BCUT2D eigenvalue weighted by Crippen LogP contribution is -2.12. The molecule has 2 heteroatoms. The maximum absolute atomic E-state index is 11.7. The molecule has 22 heavy (non-hydrogen) atoms. The molecule has 0 fully saturated rings. The molecule has 0 aliphatic heterocycles. The Kier molecular flexibility index (Phi) is 15.0. The number of carbonyl (C=O) groups excluding carboxylic acids is 1. The standard InChI is InChI=1S/C20H40O2/c1-5-7-8-9-10-11-12-16-20(21)22-17-19(4)15-13-14-18(3)6-2/h18-19H,5-17H2,1-4H3. The molecule has 0 amide bonds. The molecule has 0 spiro atoms. The van der Waals surface area contributed by atoms with E-state index >= 15 is 0 Å². The van der Waals surface area contributed by atoms with Gasteiger partial charge in [-0.2, -0.15) is 0 Å². The van der Waals surface area contributed by atoms with Gasteiger partial charge >= 0.3 is 5.97 Å². The fraction of sp³-hybridized carbons (Fsp3) is 0.950. The molecule has 132 valence electrons. The third kappa shape index (κ3) is 14.4. The lowest BCUT2D eigenvalue weighted by Gasteiger charge is -2.13. The third-order valence-electron chi connectivity index (χ3n) is 4.60. The van der Waals surface area contributed by atoms with Gasteiger partial charge in [-0.15, -0.1) is 0 Å². The molecule has 0 aromatic carbocycles. The van der Waals surface area contributed by atoms with Crippen molar-refractivity contribution in [3.63, 3.8) is 0 Å². The van der Waals surface area contributed by atoms with Crippen molar-refractivity contribution in [1.29, 1.82) is 0 Å². The molecule has 2 nitrogen and oxygen atoms in total. The zero-order chi connectivity index (χ0) is 16.6. The SMILES string of the molecule is CCCCCCCCCC(=O)OCC(C)CCCC(C)CC. The molecule has 0 radical (unpaired) electrons. The minimum atomic E-state index is 0.00216. The van der Waals surface area contributed by atoms with Crippen molar-refractivity contribution in [2.75, 3.05) is 6.61 Å². The second-order valence-corrected chi connectivity index (χ2v) is 7.10. The summed E-state index contributed by atoms with van der Waals surface area (Å²) in [4.78, 5) is 11.7. The summed E-state index contributed by atoms with van der Waals surface area (Å²) in [6.45, 7) is 9.60. The summed E-state index contributed by atoms with van der Waals surface area (Å²) < 4.78 is 5.39. The van der Waals surface area contributed by atoms with Crippen molar-refractivity contribution < 1.29 is 9.53 Å². The molecule has 0 saturated heterocycles. The largest absolute Gasteiger partial charge is 0.465 e. The van der Waals surface area contributed by atoms with Crippen molar-refractivity contribution in [2.24, 2.45) is 11.8 Å². The Bertz CT molecular complexity index is 250. The van der Waals surface area contributed by atoms with Crippen LogP contribution >= 0.6 is 0 Å². The monoisotopic (exact) mass is 312 g/mol. The number of unbranched alkanes of at least 4 members (excludes halogenated alkanes) is 6. The van der Waals surface area contributed by atoms with E-state index in [-0.39, 0.29) is 5.97 Å². The maximum atomic E-state index is 11.7. The van der Waals surface area contributed by atoms with E-state index in [1.165, 1.54) is 64.2 Å². The first-order valence-corrected chi connectivity index (χ1v) is 9.75. The average molecular weight is 313 g/mol. The van der Waals surface area contributed by atoms with E-state index in [1.54, 1.807) is 0 Å². The minimum Gasteiger partial charge on any atom is -0.465 e. The van der Waals surface area contributed by atoms with Gasteiger partial charge in [-0.1, -0.05) is 85.5 Å². The van der Waals surface area contributed by atoms with Crippen LogP contribution < -0.4 is 0 Å². The Morgan fingerprint density at radius 1 is 0.818 bits per heavy atom. The predicted octanol–water partition coefficient (Wildman–Crippen LogP) is 6.52. The highest BCUT2D eigenvalue weighted by molar-refractivity contribution is 5.69. The van der Waals surface area contributed by atoms with E-state index in [9.17, 15) is 4.79 Å². The van der Waals surface area contributed by atoms with Crippen LogP contribution in [0.25, 0.3) is 0 Å². The van der Waals surface area contributed by atoms with Gasteiger partial charge in [0.2, 0.25) is 0 Å². The zero-order valence-electron chi connectivity index (χ0n) is 15.7. The summed E-state index contributed by atoms with van der Waals surface area (Å²) in [6.07, 6.45) is 14.3. The first-order chi connectivity index (χ1) is 10.6. The van der Waals surface area contributed by atoms with E-state index in [0.29, 0.717) is 18.9 Å². The summed E-state index contributed by atoms with van der Waals surface area (Å²) in [7, 11) is 0. The van der Waals surface area contributed by atoms with Gasteiger partial charge in [0, 0.05) is 6.42 Å². The molecular formula is C20H40O2. The zero-order valence-corrected chi connectivity index (χ0v) is 15.7. The van der Waals surface area contributed by atoms with Gasteiger partial charge in [0.25, 0.3) is 0 Å². The van der Waals surface area contributed by atoms with Gasteiger partial charge < -0.3 is 4.74 Å². The van der Waals surface area contributed by atoms with Gasteiger partial charge in [0.1, 0.15) is 0 Å². The summed E-state index contributed by atoms with van der Waals surface area (Å²) in [5, 5.41) is 0. The van der Waals surface area contributed by atoms with E-state index in [1.807, 2.05) is 0 Å². The Morgan fingerprint density at radius 2 is 1.41 bits per heavy atom. The number of hydrogen-bond donors (Lipinski definition) is 0. The van der Waals surface area contributed by atoms with Crippen molar-refractivity contribution in [1.82, 2.24) is 0 Å². The maximum Gasteiger partial charge on any atom is 0.305 e. The van der Waals surface area contributed by atoms with Gasteiger partial charge in [0.05, 0.1) is 6.61 Å². The summed E-state index contributed by atoms with van der Waals surface area (Å²) in [6, 6.07) is 0. The van der Waals surface area contributed by atoms with Crippen LogP contribution in [-0.4, -0.2) is 12.6 Å². The highest BCUT2D eigenvalue weighted by atomic mass is 16.5. The predicted molar refractivity (Wildman–Crippen MR) is 96.0 cm³/mol. The summed E-state index contributed by atoms with van der Waals surface area (Å²) >= 11 is 0. The van der Waals surface area contributed by atoms with E-state index < -0.39 is 0 Å². The fourth-order valence-corrected chi connectivity index (χ4v) is 2.64. The first kappa shape index (κ1) is 21.5. The quantitative estimate of drug-likeness (QED) is 0.254. The molecule has 0 aliphatic carbocycles. The smallest absolute Gasteiger partial charge is 0.305 e. The average Bonchev–Trinajstić information content (AvgIpc) is 2.51. The van der Waals surface area contributed by atoms with Crippen LogP contribution in [0, 0.1) is 11.8 Å². The number of hydrogen-bond acceptors (Lipinski definition) is 2. The van der Waals surface area contributed by atoms with Crippen molar-refractivity contribution >= 4 is 5.97 Å². The second-order valence-electron chi connectivity index (χ2n) is 7.10. The normalized spacial score (nSPS) is 13.8. The lowest BCUT2D eigenvalue weighted by molar-refractivity contribution is -0.145. The molecule has 0 N–H and O–H groups in total. The topological polar surface area (TPSA) is 26.3 Å². The van der Waals surface area contributed by atoms with Crippen LogP contribution in [0.15, 0.2) is 0 Å². The highest BCUT2D eigenvalue weighted by Gasteiger charge is 2.08. The molecule has 2 unspecified atom stereocenters. The van der Waals surface area contributed by atoms with Crippen molar-refractivity contribution in [3.05, 3.63) is 0 Å². The Balaban J connectivity index is 3.40. The molecule has 0 aromatic rings. The van der Waals surface area contributed by atoms with Crippen molar-refractivity contribution in [2.45, 2.75) is 105 Å². The number of esters is 1. The fourth-order valence-electron chi connectivity index (χ4n) is 2.64. The van der Waals surface area contributed by atoms with E-state index in [0.717, 1.165) is 12.3 Å². The Morgan fingerprint density at radius 3 is 2.05 bits per heavy atom. The van der Waals surface area contributed by atoms with Crippen LogP contribution in [0.1, 0.15) is 105 Å². The van der Waals surface area contributed by atoms with E-state index in [2.05, 4.69) is 27.7 Å². The lowest BCUT2D eigenvalue weighted by atomic mass is 9.97. The highest BCUT2D eigenvalue weighted by Crippen LogP contribution is 2.15. The Labute approximate surface area is 139 Å². The van der Waals surface area contributed by atoms with E-state index in [4.69, 9.17) is 4.74 Å². The Hall–Kier alpha value is -0.530. The van der Waals surface area contributed by atoms with Crippen molar-refractivity contribution in [3.8, 4) is 0 Å². The molecule has 0 bridgehead atoms. The van der Waals surface area contributed by atoms with Crippen LogP contribution in [-0.2, 0) is 9.53 Å². The van der Waals surface area contributed by atoms with Crippen LogP contribution in [0.4, 0.5) is 0 Å². The van der Waals surface area contributed by atoms with Crippen LogP contribution in [0.2, 0.25) is 0 Å². The molecule has 0 saturated carbocycles. The summed E-state index contributed by atoms with van der Waals surface area (Å²) in [5.74, 6) is 1.33. The molecule has 0 aromatic heterocycles. The minimum absolute atomic E-state index is 0.00216. The number of ether oxygens (including phenoxy) is 1. The third-order valence-corrected chi connectivity index (χ3v) is 4.60.